The summed E-state index contributed by atoms with van der Waals surface area (Å²) in [5, 5.41) is 0. The van der Waals surface area contributed by atoms with Gasteiger partial charge in [-0.3, -0.25) is 19.6 Å². The van der Waals surface area contributed by atoms with Crippen molar-refractivity contribution in [2.45, 2.75) is 89.8 Å². The van der Waals surface area contributed by atoms with Crippen molar-refractivity contribution in [2.75, 3.05) is 78.7 Å². The molecule has 12 heteroatoms. The van der Waals surface area contributed by atoms with E-state index in [1.54, 1.807) is 12.1 Å². The van der Waals surface area contributed by atoms with Crippen LogP contribution in [0.2, 0.25) is 0 Å². The van der Waals surface area contributed by atoms with E-state index in [9.17, 15) is 9.59 Å². The van der Waals surface area contributed by atoms with Crippen LogP contribution in [0.25, 0.3) is 0 Å². The maximum absolute atomic E-state index is 13.3. The molecule has 2 unspecified atom stereocenters. The SMILES string of the molecule is Cc1ccccc1C[C@H]1CCC(C2CN(c3cc(=O)[nH]c(N4CCCCC[C@H]4Cc4ccccc4C)n3)CCO2)CCN1c1nc(N2CCOCC2)cc(=O)[nH]1. The van der Waals surface area contributed by atoms with Crippen molar-refractivity contribution in [3.8, 4) is 0 Å². The second kappa shape index (κ2) is 17.6. The number of ether oxygens (including phenoxy) is 2. The maximum Gasteiger partial charge on any atom is 0.254 e. The Kier molecular flexibility index (Phi) is 12.0. The summed E-state index contributed by atoms with van der Waals surface area (Å²) in [6, 6.07) is 20.9. The quantitative estimate of drug-likeness (QED) is 0.229. The van der Waals surface area contributed by atoms with Gasteiger partial charge < -0.3 is 29.1 Å². The molecule has 4 fully saturated rings. The summed E-state index contributed by atoms with van der Waals surface area (Å²) in [7, 11) is 0. The predicted octanol–water partition coefficient (Wildman–Crippen LogP) is 5.42. The van der Waals surface area contributed by atoms with Gasteiger partial charge in [0, 0.05) is 63.5 Å². The van der Waals surface area contributed by atoms with E-state index in [4.69, 9.17) is 19.4 Å². The van der Waals surface area contributed by atoms with Crippen molar-refractivity contribution in [1.29, 1.82) is 0 Å². The van der Waals surface area contributed by atoms with Gasteiger partial charge in [0.05, 0.1) is 25.9 Å². The molecule has 0 spiro atoms. The van der Waals surface area contributed by atoms with Crippen LogP contribution in [0.5, 0.6) is 0 Å². The van der Waals surface area contributed by atoms with E-state index < -0.39 is 0 Å². The van der Waals surface area contributed by atoms with Crippen LogP contribution in [-0.4, -0.2) is 97.2 Å². The third kappa shape index (κ3) is 8.97. The number of hydrogen-bond acceptors (Lipinski definition) is 10. The number of H-pyrrole nitrogens is 2. The third-order valence-electron chi connectivity index (χ3n) is 12.6. The van der Waals surface area contributed by atoms with E-state index in [0.29, 0.717) is 56.5 Å². The van der Waals surface area contributed by atoms with Crippen molar-refractivity contribution in [3.05, 3.63) is 104 Å². The Labute approximate surface area is 330 Å². The highest BCUT2D eigenvalue weighted by Crippen LogP contribution is 2.33. The molecule has 8 rings (SSSR count). The first kappa shape index (κ1) is 38.2. The van der Waals surface area contributed by atoms with Crippen molar-refractivity contribution < 1.29 is 9.47 Å². The Balaban J connectivity index is 1.02. The van der Waals surface area contributed by atoms with Crippen LogP contribution in [-0.2, 0) is 22.3 Å². The molecule has 4 atom stereocenters. The zero-order valence-electron chi connectivity index (χ0n) is 33.1. The summed E-state index contributed by atoms with van der Waals surface area (Å²) < 4.78 is 12.1. The highest BCUT2D eigenvalue weighted by atomic mass is 16.5. The molecule has 56 heavy (non-hydrogen) atoms. The smallest absolute Gasteiger partial charge is 0.254 e. The summed E-state index contributed by atoms with van der Waals surface area (Å²) in [5.74, 6) is 3.05. The summed E-state index contributed by atoms with van der Waals surface area (Å²) in [6.45, 7) is 10.6. The van der Waals surface area contributed by atoms with Crippen molar-refractivity contribution in [2.24, 2.45) is 5.92 Å². The number of aryl methyl sites for hydroxylation is 2. The van der Waals surface area contributed by atoms with E-state index in [2.05, 4.69) is 91.9 Å². The van der Waals surface area contributed by atoms with Crippen molar-refractivity contribution >= 4 is 23.5 Å². The van der Waals surface area contributed by atoms with E-state index in [1.807, 2.05) is 0 Å². The molecule has 0 bridgehead atoms. The van der Waals surface area contributed by atoms with E-state index in [-0.39, 0.29) is 29.3 Å². The maximum atomic E-state index is 13.3. The number of nitrogens with one attached hydrogen (secondary N) is 2. The Morgan fingerprint density at radius 2 is 1.23 bits per heavy atom. The van der Waals surface area contributed by atoms with Crippen LogP contribution < -0.4 is 30.7 Å². The monoisotopic (exact) mass is 762 g/mol. The number of aromatic amines is 2. The minimum Gasteiger partial charge on any atom is -0.378 e. The normalized spacial score (nSPS) is 23.8. The molecule has 6 heterocycles. The molecule has 4 aliphatic rings. The standard InChI is InChI=1S/C44H58N8O4/c1-31-10-5-7-12-34(31)26-36-14-4-3-9-18-51(36)43-46-40(29-42(54)47-43)50-22-25-56-38(30-50)33-15-16-37(27-35-13-8-6-11-32(35)2)52(19-17-33)44-45-39(28-41(53)48-44)49-20-23-55-24-21-49/h5-8,10-13,28-29,33,36-38H,3-4,9,14-27,30H2,1-2H3,(H,45,48,53)(H,46,47,54)/t33?,36-,37+,38?/m0/s1. The Hall–Kier alpha value is -4.68. The van der Waals surface area contributed by atoms with Crippen LogP contribution in [0, 0.1) is 19.8 Å². The Bertz CT molecular complexity index is 2050. The molecule has 298 valence electrons. The average Bonchev–Trinajstić information content (AvgIpc) is 3.58. The molecule has 0 aliphatic carbocycles. The van der Waals surface area contributed by atoms with Gasteiger partial charge in [0.15, 0.2) is 0 Å². The lowest BCUT2D eigenvalue weighted by atomic mass is 9.90. The molecule has 0 radical (unpaired) electrons. The summed E-state index contributed by atoms with van der Waals surface area (Å²) in [6.07, 6.45) is 9.14. The van der Waals surface area contributed by atoms with Gasteiger partial charge in [0.25, 0.3) is 11.1 Å². The Morgan fingerprint density at radius 1 is 0.643 bits per heavy atom. The van der Waals surface area contributed by atoms with Gasteiger partial charge in [-0.15, -0.1) is 0 Å². The van der Waals surface area contributed by atoms with Gasteiger partial charge in [0.1, 0.15) is 11.6 Å². The third-order valence-corrected chi connectivity index (χ3v) is 12.6. The van der Waals surface area contributed by atoms with Gasteiger partial charge in [0.2, 0.25) is 11.9 Å². The van der Waals surface area contributed by atoms with Crippen LogP contribution in [0.3, 0.4) is 0 Å². The van der Waals surface area contributed by atoms with Crippen LogP contribution in [0.1, 0.15) is 67.2 Å². The first-order chi connectivity index (χ1) is 27.4. The topological polar surface area (TPSA) is 123 Å². The van der Waals surface area contributed by atoms with E-state index in [0.717, 1.165) is 76.9 Å². The molecule has 4 saturated heterocycles. The van der Waals surface area contributed by atoms with Gasteiger partial charge in [-0.25, -0.2) is 0 Å². The highest BCUT2D eigenvalue weighted by molar-refractivity contribution is 5.47. The molecule has 2 aromatic carbocycles. The first-order valence-electron chi connectivity index (χ1n) is 20.9. The zero-order valence-corrected chi connectivity index (χ0v) is 33.1. The van der Waals surface area contributed by atoms with Crippen molar-refractivity contribution in [3.63, 3.8) is 0 Å². The van der Waals surface area contributed by atoms with Crippen LogP contribution >= 0.6 is 0 Å². The fourth-order valence-corrected chi connectivity index (χ4v) is 9.33. The number of rotatable bonds is 9. The predicted molar refractivity (Wildman–Crippen MR) is 223 cm³/mol. The Morgan fingerprint density at radius 3 is 1.89 bits per heavy atom. The van der Waals surface area contributed by atoms with Gasteiger partial charge >= 0.3 is 0 Å². The number of aromatic nitrogens is 4. The summed E-state index contributed by atoms with van der Waals surface area (Å²) in [5.41, 5.74) is 5.00. The molecule has 4 aromatic rings. The lowest BCUT2D eigenvalue weighted by Gasteiger charge is -2.38. The molecule has 12 nitrogen and oxygen atoms in total. The van der Waals surface area contributed by atoms with Crippen LogP contribution in [0.4, 0.5) is 23.5 Å². The van der Waals surface area contributed by atoms with Gasteiger partial charge in [-0.05, 0) is 87.0 Å². The molecular formula is C44H58N8O4. The number of hydrogen-bond donors (Lipinski definition) is 2. The minimum absolute atomic E-state index is 0.00830. The number of anilines is 4. The molecule has 0 saturated carbocycles. The lowest BCUT2D eigenvalue weighted by molar-refractivity contribution is -0.00233. The summed E-state index contributed by atoms with van der Waals surface area (Å²) in [4.78, 5) is 52.1. The number of morpholine rings is 2. The van der Waals surface area contributed by atoms with E-state index in [1.165, 1.54) is 35.1 Å². The van der Waals surface area contributed by atoms with E-state index >= 15 is 0 Å². The molecule has 4 aliphatic heterocycles. The zero-order chi connectivity index (χ0) is 38.4. The largest absolute Gasteiger partial charge is 0.378 e. The van der Waals surface area contributed by atoms with Gasteiger partial charge in [-0.2, -0.15) is 9.97 Å². The second-order valence-corrected chi connectivity index (χ2v) is 16.2. The average molecular weight is 763 g/mol. The summed E-state index contributed by atoms with van der Waals surface area (Å²) >= 11 is 0. The number of benzene rings is 2. The lowest BCUT2D eigenvalue weighted by Crippen LogP contribution is -2.47. The van der Waals surface area contributed by atoms with Gasteiger partial charge in [-0.1, -0.05) is 61.4 Å². The minimum atomic E-state index is -0.135. The molecule has 2 aromatic heterocycles. The first-order valence-corrected chi connectivity index (χ1v) is 20.9. The fourth-order valence-electron chi connectivity index (χ4n) is 9.33. The number of nitrogens with zero attached hydrogens (tertiary/aromatic N) is 6. The highest BCUT2D eigenvalue weighted by Gasteiger charge is 2.35. The fraction of sp³-hybridized carbons (Fsp3) is 0.545. The molecular weight excluding hydrogens is 705 g/mol. The van der Waals surface area contributed by atoms with Crippen LogP contribution in [0.15, 0.2) is 70.3 Å². The molecule has 0 amide bonds. The van der Waals surface area contributed by atoms with Crippen molar-refractivity contribution in [1.82, 2.24) is 19.9 Å². The second-order valence-electron chi connectivity index (χ2n) is 16.2. The molecule has 2 N–H and O–H groups in total.